The summed E-state index contributed by atoms with van der Waals surface area (Å²) in [5.74, 6) is -2.13. The Morgan fingerprint density at radius 2 is 1.37 bits per heavy atom. The van der Waals surface area contributed by atoms with Crippen LogP contribution in [0.25, 0.3) is 0 Å². The summed E-state index contributed by atoms with van der Waals surface area (Å²) in [4.78, 5) is 67.7. The van der Waals surface area contributed by atoms with E-state index in [2.05, 4.69) is 42.6 Å². The molecule has 5 aliphatic heterocycles. The van der Waals surface area contributed by atoms with E-state index in [0.717, 1.165) is 11.1 Å². The minimum absolute atomic E-state index is 0.0297. The molecule has 0 radical (unpaired) electrons. The summed E-state index contributed by atoms with van der Waals surface area (Å²) in [5.41, 5.74) is 6.56. The lowest BCUT2D eigenvalue weighted by atomic mass is 9.95. The monoisotopic (exact) mass is 558 g/mol. The molecule has 0 saturated carbocycles. The zero-order valence-electron chi connectivity index (χ0n) is 22.0. The van der Waals surface area contributed by atoms with Crippen molar-refractivity contribution in [2.75, 3.05) is 6.54 Å². The number of aryl methyl sites for hydroxylation is 1. The molecule has 41 heavy (non-hydrogen) atoms. The summed E-state index contributed by atoms with van der Waals surface area (Å²) in [7, 11) is 0. The summed E-state index contributed by atoms with van der Waals surface area (Å²) in [6.07, 6.45) is 8.78. The van der Waals surface area contributed by atoms with Gasteiger partial charge < -0.3 is 19.6 Å². The third-order valence-electron chi connectivity index (χ3n) is 7.14. The zero-order valence-corrected chi connectivity index (χ0v) is 22.0. The van der Waals surface area contributed by atoms with E-state index < -0.39 is 17.8 Å². The van der Waals surface area contributed by atoms with Crippen LogP contribution in [0.5, 0.6) is 0 Å². The minimum atomic E-state index is -0.751. The summed E-state index contributed by atoms with van der Waals surface area (Å²) in [6, 6.07) is 11.9. The van der Waals surface area contributed by atoms with Gasteiger partial charge in [0.1, 0.15) is 24.4 Å². The molecule has 1 saturated heterocycles. The van der Waals surface area contributed by atoms with Crippen molar-refractivity contribution in [3.8, 4) is 0 Å². The predicted molar refractivity (Wildman–Crippen MR) is 138 cm³/mol. The molecule has 7 rings (SSSR count). The van der Waals surface area contributed by atoms with Gasteiger partial charge in [-0.2, -0.15) is 9.59 Å². The van der Waals surface area contributed by atoms with Crippen molar-refractivity contribution in [3.05, 3.63) is 94.1 Å². The number of carbonyl (C=O) groups excluding carboxylic acids is 6. The van der Waals surface area contributed by atoms with Crippen molar-refractivity contribution in [1.29, 1.82) is 0 Å². The Labute approximate surface area is 234 Å². The lowest BCUT2D eigenvalue weighted by Gasteiger charge is -2.13. The lowest BCUT2D eigenvalue weighted by molar-refractivity contribution is -0.197. The molecule has 1 fully saturated rings. The number of amides is 3. The molecule has 4 atom stereocenters. The third kappa shape index (κ3) is 5.78. The van der Waals surface area contributed by atoms with Crippen molar-refractivity contribution < 1.29 is 43.1 Å². The summed E-state index contributed by atoms with van der Waals surface area (Å²) in [5, 5.41) is 3.12. The molecule has 210 valence electrons. The molecule has 4 bridgehead atoms. The molecule has 11 heteroatoms. The van der Waals surface area contributed by atoms with E-state index in [4.69, 9.17) is 23.9 Å². The van der Waals surface area contributed by atoms with Gasteiger partial charge in [0.2, 0.25) is 0 Å². The van der Waals surface area contributed by atoms with E-state index in [0.29, 0.717) is 10.6 Å². The van der Waals surface area contributed by atoms with Crippen LogP contribution in [0.4, 0.5) is 0 Å². The average Bonchev–Trinajstić information content (AvgIpc) is 3.80. The van der Waals surface area contributed by atoms with Crippen LogP contribution in [0, 0.1) is 6.92 Å². The zero-order chi connectivity index (χ0) is 29.1. The molecule has 0 aliphatic carbocycles. The number of hydrogen-bond acceptors (Lipinski definition) is 9. The first kappa shape index (κ1) is 27.9. The van der Waals surface area contributed by atoms with E-state index in [9.17, 15) is 19.2 Å². The Morgan fingerprint density at radius 1 is 0.854 bits per heavy atom. The fourth-order valence-corrected chi connectivity index (χ4v) is 5.22. The maximum Gasteiger partial charge on any atom is 0.373 e. The number of hydrogen-bond donors (Lipinski definition) is 1. The Hall–Kier alpha value is -4.70. The minimum Gasteiger partial charge on any atom is -0.357 e. The van der Waals surface area contributed by atoms with Crippen LogP contribution in [0.1, 0.15) is 81.9 Å². The maximum atomic E-state index is 12.2. The van der Waals surface area contributed by atoms with Gasteiger partial charge in [0.15, 0.2) is 0 Å². The van der Waals surface area contributed by atoms with Gasteiger partial charge in [-0.15, -0.1) is 5.06 Å². The van der Waals surface area contributed by atoms with E-state index >= 15 is 0 Å². The van der Waals surface area contributed by atoms with Crippen molar-refractivity contribution in [3.63, 3.8) is 0 Å². The van der Waals surface area contributed by atoms with Crippen molar-refractivity contribution in [1.82, 2.24) is 10.4 Å². The van der Waals surface area contributed by atoms with Gasteiger partial charge in [0.25, 0.3) is 17.7 Å². The largest absolute Gasteiger partial charge is 0.373 e. The number of nitrogens with one attached hydrogen (secondary N) is 1. The molecule has 2 aromatic rings. The molecule has 4 unspecified atom stereocenters. The molecule has 5 heterocycles. The quantitative estimate of drug-likeness (QED) is 0.432. The number of imide groups is 1. The Kier molecular flexibility index (Phi) is 8.02. The second kappa shape index (κ2) is 11.8. The smallest absolute Gasteiger partial charge is 0.357 e. The van der Waals surface area contributed by atoms with Crippen LogP contribution >= 0.6 is 0 Å². The molecule has 0 spiro atoms. The Balaban J connectivity index is 0.000000185. The number of fused-ring (bicyclic) bond motifs is 10. The molecular weight excluding hydrogens is 532 g/mol. The van der Waals surface area contributed by atoms with Gasteiger partial charge >= 0.3 is 12.1 Å². The lowest BCUT2D eigenvalue weighted by Crippen LogP contribution is -2.33. The van der Waals surface area contributed by atoms with Crippen molar-refractivity contribution >= 4 is 29.8 Å². The van der Waals surface area contributed by atoms with Crippen LogP contribution in [0.3, 0.4) is 0 Å². The first-order valence-electron chi connectivity index (χ1n) is 13.0. The van der Waals surface area contributed by atoms with Gasteiger partial charge in [-0.3, -0.25) is 14.4 Å². The molecular formula is C30H26N2O9. The third-order valence-corrected chi connectivity index (χ3v) is 7.14. The molecule has 11 nitrogen and oxygen atoms in total. The maximum absolute atomic E-state index is 12.2. The highest BCUT2D eigenvalue weighted by Crippen LogP contribution is 2.46. The second-order valence-electron chi connectivity index (χ2n) is 9.83. The second-order valence-corrected chi connectivity index (χ2v) is 9.83. The Morgan fingerprint density at radius 3 is 1.95 bits per heavy atom. The average molecular weight is 559 g/mol. The number of nitrogens with zero attached hydrogens (tertiary/aromatic N) is 1. The topological polar surface area (TPSA) is 145 Å². The van der Waals surface area contributed by atoms with Crippen molar-refractivity contribution in [2.45, 2.75) is 50.6 Å². The van der Waals surface area contributed by atoms with Crippen LogP contribution in [-0.4, -0.2) is 41.5 Å². The van der Waals surface area contributed by atoms with E-state index in [1.807, 2.05) is 18.2 Å². The first-order valence-corrected chi connectivity index (χ1v) is 13.0. The summed E-state index contributed by atoms with van der Waals surface area (Å²) < 4.78 is 11.4. The van der Waals surface area contributed by atoms with Crippen LogP contribution in [-0.2, 0) is 38.3 Å². The number of hydroxylamine groups is 2. The molecule has 0 aromatic heterocycles. The van der Waals surface area contributed by atoms with Gasteiger partial charge in [-0.1, -0.05) is 54.1 Å². The summed E-state index contributed by atoms with van der Waals surface area (Å²) >= 11 is 0. The van der Waals surface area contributed by atoms with Gasteiger partial charge in [-0.05, 0) is 41.3 Å². The Bertz CT molecular complexity index is 1490. The summed E-state index contributed by atoms with van der Waals surface area (Å²) in [6.45, 7) is 2.16. The highest BCUT2D eigenvalue weighted by molar-refractivity contribution is 6.01. The van der Waals surface area contributed by atoms with E-state index in [-0.39, 0.29) is 62.3 Å². The predicted octanol–water partition coefficient (Wildman–Crippen LogP) is 3.19. The number of rotatable bonds is 5. The van der Waals surface area contributed by atoms with Crippen LogP contribution in [0.2, 0.25) is 0 Å². The van der Waals surface area contributed by atoms with Crippen molar-refractivity contribution in [2.24, 2.45) is 0 Å². The fourth-order valence-electron chi connectivity index (χ4n) is 5.22. The number of benzene rings is 2. The van der Waals surface area contributed by atoms with E-state index in [1.165, 1.54) is 16.7 Å². The highest BCUT2D eigenvalue weighted by Gasteiger charge is 2.35. The molecule has 5 aliphatic rings. The standard InChI is InChI=1S/C18H16N2O6.C11H10O.CO2/c21-15-5-6-16(22)20(15)26-17(23)7-8-19-18(24)10-1-2-11-12(9-10)14-4-3-13(11)25-14;1-7-2-3-8-9(6-7)11-5-4-10(8)12-11;2-1-3/h1-4,9,13-14H,5-8H2,(H,19,24);2-6,10-11H,1H3;. The van der Waals surface area contributed by atoms with Crippen LogP contribution < -0.4 is 5.32 Å². The molecule has 2 aromatic carbocycles. The SMILES string of the molecule is Cc1ccc2c(c1)C1C=CC2O1.O=C(CCNC(=O)c1ccc2c(c1)C1C=CC2O1)ON1C(=O)CCC1=O.O=C=O. The number of ether oxygens (including phenoxy) is 2. The number of carbonyl (C=O) groups is 4. The fraction of sp³-hybridized carbons (Fsp3) is 0.300. The van der Waals surface area contributed by atoms with Crippen LogP contribution in [0.15, 0.2) is 60.7 Å². The molecule has 3 amide bonds. The van der Waals surface area contributed by atoms with Gasteiger partial charge in [0.05, 0.1) is 6.42 Å². The highest BCUT2D eigenvalue weighted by atomic mass is 16.7. The molecule has 1 N–H and O–H groups in total. The first-order chi connectivity index (χ1) is 19.8. The van der Waals surface area contributed by atoms with Gasteiger partial charge in [0, 0.05) is 24.9 Å². The van der Waals surface area contributed by atoms with E-state index in [1.54, 1.807) is 12.1 Å². The van der Waals surface area contributed by atoms with Gasteiger partial charge in [-0.25, -0.2) is 4.79 Å². The normalized spacial score (nSPS) is 23.2.